The zero-order chi connectivity index (χ0) is 20.7. The van der Waals surface area contributed by atoms with Crippen LogP contribution in [0.5, 0.6) is 0 Å². The van der Waals surface area contributed by atoms with Gasteiger partial charge >= 0.3 is 5.97 Å². The first-order valence-electron chi connectivity index (χ1n) is 9.07. The number of esters is 1. The van der Waals surface area contributed by atoms with E-state index in [1.165, 1.54) is 6.92 Å². The fraction of sp³-hybridized carbons (Fsp3) is 0.550. The van der Waals surface area contributed by atoms with Crippen LogP contribution in [0.3, 0.4) is 0 Å². The smallest absolute Gasteiger partial charge is 0.309 e. The van der Waals surface area contributed by atoms with Crippen molar-refractivity contribution in [2.75, 3.05) is 0 Å². The number of rotatable bonds is 8. The molecule has 1 N–H and O–H groups in total. The molecule has 2 unspecified atom stereocenters. The van der Waals surface area contributed by atoms with Crippen LogP contribution < -0.4 is 5.32 Å². The number of carbonyl (C=O) groups excluding carboxylic acids is 3. The van der Waals surface area contributed by atoms with E-state index in [1.54, 1.807) is 36.1 Å². The molecule has 0 radical (unpaired) electrons. The first-order valence-corrected chi connectivity index (χ1v) is 9.45. The number of amides is 2. The first kappa shape index (κ1) is 23.0. The van der Waals surface area contributed by atoms with E-state index in [0.717, 1.165) is 5.56 Å². The third-order valence-electron chi connectivity index (χ3n) is 4.04. The van der Waals surface area contributed by atoms with Crippen molar-refractivity contribution < 1.29 is 19.1 Å². The predicted octanol–water partition coefficient (Wildman–Crippen LogP) is 3.48. The molecule has 1 aromatic carbocycles. The first-order chi connectivity index (χ1) is 12.5. The number of carbonyl (C=O) groups is 3. The fourth-order valence-corrected chi connectivity index (χ4v) is 3.10. The average Bonchev–Trinajstić information content (AvgIpc) is 2.53. The molecule has 0 saturated heterocycles. The van der Waals surface area contributed by atoms with Crippen molar-refractivity contribution >= 4 is 29.4 Å². The molecule has 0 aliphatic rings. The Balaban J connectivity index is 2.82. The van der Waals surface area contributed by atoms with Crippen LogP contribution in [0.25, 0.3) is 0 Å². The molecule has 2 atom stereocenters. The van der Waals surface area contributed by atoms with Crippen molar-refractivity contribution in [3.05, 3.63) is 34.9 Å². The minimum atomic E-state index is -0.898. The third kappa shape index (κ3) is 7.21. The largest absolute Gasteiger partial charge is 0.452 e. The molecular formula is C20H29ClN2O4. The maximum atomic E-state index is 12.6. The summed E-state index contributed by atoms with van der Waals surface area (Å²) in [4.78, 5) is 38.2. The molecule has 0 aliphatic carbocycles. The molecule has 0 saturated carbocycles. The summed E-state index contributed by atoms with van der Waals surface area (Å²) in [6.07, 6.45) is -0.979. The third-order valence-corrected chi connectivity index (χ3v) is 4.30. The number of nitrogens with one attached hydrogen (secondary N) is 1. The van der Waals surface area contributed by atoms with E-state index >= 15 is 0 Å². The average molecular weight is 397 g/mol. The van der Waals surface area contributed by atoms with E-state index < -0.39 is 18.1 Å². The van der Waals surface area contributed by atoms with Gasteiger partial charge in [-0.25, -0.2) is 0 Å². The molecule has 2 amide bonds. The van der Waals surface area contributed by atoms with Crippen LogP contribution in [0.1, 0.15) is 59.6 Å². The number of halogens is 1. The van der Waals surface area contributed by atoms with Crippen molar-refractivity contribution in [3.63, 3.8) is 0 Å². The van der Waals surface area contributed by atoms with Crippen molar-refractivity contribution in [2.45, 2.75) is 72.2 Å². The van der Waals surface area contributed by atoms with Crippen molar-refractivity contribution in [1.29, 1.82) is 0 Å². The topological polar surface area (TPSA) is 75.7 Å². The van der Waals surface area contributed by atoms with E-state index in [2.05, 4.69) is 5.32 Å². The molecule has 0 heterocycles. The summed E-state index contributed by atoms with van der Waals surface area (Å²) in [6.45, 7) is 10.6. The highest BCUT2D eigenvalue weighted by atomic mass is 35.5. The summed E-state index contributed by atoms with van der Waals surface area (Å²) in [5.74, 6) is -1.06. The lowest BCUT2D eigenvalue weighted by Gasteiger charge is -2.32. The van der Waals surface area contributed by atoms with Gasteiger partial charge in [-0.05, 0) is 52.3 Å². The van der Waals surface area contributed by atoms with E-state index in [4.69, 9.17) is 16.3 Å². The molecule has 150 valence electrons. The van der Waals surface area contributed by atoms with Gasteiger partial charge in [0.15, 0.2) is 6.10 Å². The number of benzene rings is 1. The quantitative estimate of drug-likeness (QED) is 0.682. The van der Waals surface area contributed by atoms with Crippen LogP contribution in [-0.4, -0.2) is 40.9 Å². The van der Waals surface area contributed by atoms with Crippen LogP contribution >= 0.6 is 11.6 Å². The lowest BCUT2D eigenvalue weighted by Crippen LogP contribution is -2.47. The van der Waals surface area contributed by atoms with Gasteiger partial charge < -0.3 is 15.0 Å². The van der Waals surface area contributed by atoms with Crippen molar-refractivity contribution in [3.8, 4) is 0 Å². The minimum absolute atomic E-state index is 0.000141. The highest BCUT2D eigenvalue weighted by Gasteiger charge is 2.28. The maximum Gasteiger partial charge on any atom is 0.309 e. The van der Waals surface area contributed by atoms with E-state index in [0.29, 0.717) is 5.02 Å². The number of hydrogen-bond donors (Lipinski definition) is 1. The molecule has 0 aliphatic heterocycles. The van der Waals surface area contributed by atoms with Crippen LogP contribution in [0.4, 0.5) is 0 Å². The highest BCUT2D eigenvalue weighted by Crippen LogP contribution is 2.21. The molecule has 6 nitrogen and oxygen atoms in total. The monoisotopic (exact) mass is 396 g/mol. The van der Waals surface area contributed by atoms with Gasteiger partial charge in [0.1, 0.15) is 0 Å². The van der Waals surface area contributed by atoms with Crippen molar-refractivity contribution in [1.82, 2.24) is 10.2 Å². The van der Waals surface area contributed by atoms with Gasteiger partial charge in [0, 0.05) is 24.0 Å². The zero-order valence-corrected chi connectivity index (χ0v) is 17.5. The van der Waals surface area contributed by atoms with Gasteiger partial charge in [-0.1, -0.05) is 23.7 Å². The summed E-state index contributed by atoms with van der Waals surface area (Å²) in [7, 11) is 0. The van der Waals surface area contributed by atoms with Crippen LogP contribution in [0.2, 0.25) is 5.02 Å². The van der Waals surface area contributed by atoms with Gasteiger partial charge in [0.25, 0.3) is 5.91 Å². The Kier molecular flexibility index (Phi) is 8.76. The van der Waals surface area contributed by atoms with Crippen LogP contribution in [0, 0.1) is 0 Å². The SMILES string of the molecule is CC(=O)NC(CC(=O)OC(C)C(=O)N(C(C)C)C(C)C)c1ccc(Cl)cc1. The Bertz CT molecular complexity index is 650. The van der Waals surface area contributed by atoms with Gasteiger partial charge in [-0.2, -0.15) is 0 Å². The van der Waals surface area contributed by atoms with Gasteiger partial charge in [-0.3, -0.25) is 14.4 Å². The van der Waals surface area contributed by atoms with Crippen LogP contribution in [-0.2, 0) is 19.1 Å². The van der Waals surface area contributed by atoms with E-state index in [1.807, 2.05) is 27.7 Å². The maximum absolute atomic E-state index is 12.6. The number of ether oxygens (including phenoxy) is 1. The normalized spacial score (nSPS) is 13.2. The summed E-state index contributed by atoms with van der Waals surface area (Å²) in [5.41, 5.74) is 0.733. The molecule has 1 rings (SSSR count). The molecule has 0 bridgehead atoms. The summed E-state index contributed by atoms with van der Waals surface area (Å²) < 4.78 is 5.34. The lowest BCUT2D eigenvalue weighted by molar-refractivity contribution is -0.161. The van der Waals surface area contributed by atoms with Crippen LogP contribution in [0.15, 0.2) is 24.3 Å². The van der Waals surface area contributed by atoms with E-state index in [-0.39, 0.29) is 30.3 Å². The minimum Gasteiger partial charge on any atom is -0.452 e. The summed E-state index contributed by atoms with van der Waals surface area (Å²) in [5, 5.41) is 3.29. The molecule has 0 fully saturated rings. The Morgan fingerprint density at radius 3 is 2.00 bits per heavy atom. The Morgan fingerprint density at radius 2 is 1.56 bits per heavy atom. The molecule has 1 aromatic rings. The van der Waals surface area contributed by atoms with Gasteiger partial charge in [-0.15, -0.1) is 0 Å². The molecule has 27 heavy (non-hydrogen) atoms. The number of hydrogen-bond acceptors (Lipinski definition) is 4. The van der Waals surface area contributed by atoms with E-state index in [9.17, 15) is 14.4 Å². The molecule has 7 heteroatoms. The highest BCUT2D eigenvalue weighted by molar-refractivity contribution is 6.30. The summed E-state index contributed by atoms with van der Waals surface area (Å²) >= 11 is 5.89. The Morgan fingerprint density at radius 1 is 1.04 bits per heavy atom. The molecular weight excluding hydrogens is 368 g/mol. The lowest BCUT2D eigenvalue weighted by atomic mass is 10.0. The fourth-order valence-electron chi connectivity index (χ4n) is 2.97. The second kappa shape index (κ2) is 10.3. The Labute approximate surface area is 166 Å². The van der Waals surface area contributed by atoms with Gasteiger partial charge in [0.2, 0.25) is 5.91 Å². The Hall–Kier alpha value is -2.08. The number of nitrogens with zero attached hydrogens (tertiary/aromatic N) is 1. The summed E-state index contributed by atoms with van der Waals surface area (Å²) in [6, 6.07) is 6.30. The second-order valence-electron chi connectivity index (χ2n) is 7.07. The predicted molar refractivity (Wildman–Crippen MR) is 105 cm³/mol. The second-order valence-corrected chi connectivity index (χ2v) is 7.51. The van der Waals surface area contributed by atoms with Crippen molar-refractivity contribution in [2.24, 2.45) is 0 Å². The standard InChI is InChI=1S/C20H29ClN2O4/c1-12(2)23(13(3)4)20(26)14(5)27-19(25)11-18(22-15(6)24)16-7-9-17(21)10-8-16/h7-10,12-14,18H,11H2,1-6H3,(H,22,24). The molecule has 0 spiro atoms. The zero-order valence-electron chi connectivity index (χ0n) is 16.8. The van der Waals surface area contributed by atoms with Gasteiger partial charge in [0.05, 0.1) is 12.5 Å². The molecule has 0 aromatic heterocycles.